The highest BCUT2D eigenvalue weighted by Crippen LogP contribution is 2.22. The molecule has 150 valence electrons. The van der Waals surface area contributed by atoms with Crippen LogP contribution in [0.25, 0.3) is 0 Å². The van der Waals surface area contributed by atoms with E-state index in [4.69, 9.17) is 10.2 Å². The lowest BCUT2D eigenvalue weighted by Gasteiger charge is -2.27. The Kier molecular flexibility index (Phi) is 8.85. The first-order valence-electron chi connectivity index (χ1n) is 7.63. The molecule has 1 rings (SSSR count). The van der Waals surface area contributed by atoms with Crippen molar-refractivity contribution in [2.24, 2.45) is 0 Å². The Morgan fingerprint density at radius 2 is 0.962 bits per heavy atom. The van der Waals surface area contributed by atoms with Gasteiger partial charge in [0.25, 0.3) is 0 Å². The number of nitrogens with zero attached hydrogens (tertiary/aromatic N) is 2. The molecule has 0 aliphatic rings. The second-order valence-corrected chi connectivity index (χ2v) is 5.72. The van der Waals surface area contributed by atoms with Gasteiger partial charge in [-0.05, 0) is 0 Å². The Bertz CT molecular complexity index is 507. The molecular formula is C14H24N2O10. The molecule has 12 nitrogen and oxygen atoms in total. The van der Waals surface area contributed by atoms with Crippen molar-refractivity contribution in [3.63, 3.8) is 0 Å². The lowest BCUT2D eigenvalue weighted by atomic mass is 10.00. The minimum Gasteiger partial charge on any atom is -0.394 e. The van der Waals surface area contributed by atoms with Gasteiger partial charge in [0.15, 0.2) is 0 Å². The molecule has 0 fully saturated rings. The van der Waals surface area contributed by atoms with Crippen LogP contribution in [0.5, 0.6) is 0 Å². The molecule has 8 atom stereocenters. The molecule has 1 heterocycles. The molecule has 0 saturated heterocycles. The van der Waals surface area contributed by atoms with Gasteiger partial charge < -0.3 is 51.1 Å². The monoisotopic (exact) mass is 380 g/mol. The SMILES string of the molecule is OC[C@@H](O)[C@@H](O)[C@@H](O)[C@H](O)c1cncc([C@@H](O)[C@H](O)[C@H](O)[C@H](O)CO)n1. The van der Waals surface area contributed by atoms with Crippen LogP contribution in [0.2, 0.25) is 0 Å². The predicted octanol–water partition coefficient (Wildman–Crippen LogP) is -5.31. The molecule has 0 saturated carbocycles. The molecule has 26 heavy (non-hydrogen) atoms. The van der Waals surface area contributed by atoms with Crippen molar-refractivity contribution in [1.82, 2.24) is 9.97 Å². The van der Waals surface area contributed by atoms with Crippen LogP contribution in [0.3, 0.4) is 0 Å². The molecular weight excluding hydrogens is 356 g/mol. The third-order valence-electron chi connectivity index (χ3n) is 3.79. The zero-order valence-electron chi connectivity index (χ0n) is 13.6. The van der Waals surface area contributed by atoms with E-state index in [2.05, 4.69) is 9.97 Å². The van der Waals surface area contributed by atoms with Crippen LogP contribution in [-0.2, 0) is 0 Å². The number of hydrogen-bond donors (Lipinski definition) is 10. The van der Waals surface area contributed by atoms with Crippen molar-refractivity contribution in [2.75, 3.05) is 13.2 Å². The van der Waals surface area contributed by atoms with Crippen molar-refractivity contribution in [3.8, 4) is 0 Å². The van der Waals surface area contributed by atoms with E-state index >= 15 is 0 Å². The molecule has 12 heteroatoms. The summed E-state index contributed by atoms with van der Waals surface area (Å²) in [4.78, 5) is 7.41. The molecule has 0 spiro atoms. The van der Waals surface area contributed by atoms with E-state index in [0.29, 0.717) is 0 Å². The number of rotatable bonds is 10. The van der Waals surface area contributed by atoms with E-state index in [0.717, 1.165) is 12.4 Å². The average Bonchev–Trinajstić information content (AvgIpc) is 2.68. The smallest absolute Gasteiger partial charge is 0.126 e. The second-order valence-electron chi connectivity index (χ2n) is 5.72. The standard InChI is InChI=1S/C14H24N2O10/c17-3-7(19)11(23)13(25)9(21)5-1-15-2-6(16-5)10(22)14(26)12(24)8(20)4-18/h1-2,7-14,17-26H,3-4H2/t7-,8-,9-,10-,11-,12-,13+,14+/m1/s1. The lowest BCUT2D eigenvalue weighted by Crippen LogP contribution is -2.43. The zero-order chi connectivity index (χ0) is 20.0. The summed E-state index contributed by atoms with van der Waals surface area (Å²) in [7, 11) is 0. The van der Waals surface area contributed by atoms with Gasteiger partial charge in [-0.15, -0.1) is 0 Å². The van der Waals surface area contributed by atoms with Gasteiger partial charge in [-0.3, -0.25) is 4.98 Å². The van der Waals surface area contributed by atoms with Gasteiger partial charge in [-0.25, -0.2) is 4.98 Å². The molecule has 0 aliphatic carbocycles. The maximum Gasteiger partial charge on any atom is 0.126 e. The summed E-state index contributed by atoms with van der Waals surface area (Å²) in [5, 5.41) is 95.0. The van der Waals surface area contributed by atoms with Crippen LogP contribution in [-0.4, -0.2) is 111 Å². The summed E-state index contributed by atoms with van der Waals surface area (Å²) in [5.74, 6) is 0. The summed E-state index contributed by atoms with van der Waals surface area (Å²) in [5.41, 5.74) is -0.690. The van der Waals surface area contributed by atoms with Gasteiger partial charge in [0.1, 0.15) is 48.8 Å². The van der Waals surface area contributed by atoms with Gasteiger partial charge in [-0.1, -0.05) is 0 Å². The Hall–Kier alpha value is -1.32. The number of hydrogen-bond acceptors (Lipinski definition) is 12. The van der Waals surface area contributed by atoms with Gasteiger partial charge in [0, 0.05) is 0 Å². The molecule has 0 unspecified atom stereocenters. The van der Waals surface area contributed by atoms with Gasteiger partial charge in [-0.2, -0.15) is 0 Å². The largest absolute Gasteiger partial charge is 0.394 e. The van der Waals surface area contributed by atoms with Gasteiger partial charge in [0.05, 0.1) is 37.0 Å². The first-order valence-corrected chi connectivity index (χ1v) is 7.63. The predicted molar refractivity (Wildman–Crippen MR) is 82.2 cm³/mol. The van der Waals surface area contributed by atoms with E-state index in [1.807, 2.05) is 0 Å². The summed E-state index contributed by atoms with van der Waals surface area (Å²) in [6.07, 6.45) is -12.9. The van der Waals surface area contributed by atoms with Crippen LogP contribution in [0.1, 0.15) is 23.6 Å². The summed E-state index contributed by atoms with van der Waals surface area (Å²) < 4.78 is 0. The molecule has 0 aliphatic heterocycles. The minimum absolute atomic E-state index is 0.345. The quantitative estimate of drug-likeness (QED) is 0.183. The fourth-order valence-electron chi connectivity index (χ4n) is 2.08. The van der Waals surface area contributed by atoms with Crippen LogP contribution in [0, 0.1) is 0 Å². The molecule has 0 amide bonds. The Morgan fingerprint density at radius 1 is 0.615 bits per heavy atom. The van der Waals surface area contributed by atoms with Crippen molar-refractivity contribution < 1.29 is 51.1 Å². The van der Waals surface area contributed by atoms with Crippen molar-refractivity contribution >= 4 is 0 Å². The number of aliphatic hydroxyl groups is 10. The molecule has 10 N–H and O–H groups in total. The van der Waals surface area contributed by atoms with E-state index in [9.17, 15) is 40.9 Å². The first-order chi connectivity index (χ1) is 12.1. The topological polar surface area (TPSA) is 228 Å². The van der Waals surface area contributed by atoms with Crippen LogP contribution < -0.4 is 0 Å². The van der Waals surface area contributed by atoms with E-state index < -0.39 is 62.0 Å². The van der Waals surface area contributed by atoms with Crippen molar-refractivity contribution in [2.45, 2.75) is 48.8 Å². The molecule has 0 bridgehead atoms. The zero-order valence-corrected chi connectivity index (χ0v) is 13.6. The normalized spacial score (nSPS) is 21.3. The maximum atomic E-state index is 10.0. The fourth-order valence-corrected chi connectivity index (χ4v) is 2.08. The highest BCUT2D eigenvalue weighted by atomic mass is 16.4. The third kappa shape index (κ3) is 5.34. The van der Waals surface area contributed by atoms with E-state index in [1.54, 1.807) is 0 Å². The third-order valence-corrected chi connectivity index (χ3v) is 3.79. The van der Waals surface area contributed by atoms with Gasteiger partial charge in [0.2, 0.25) is 0 Å². The van der Waals surface area contributed by atoms with E-state index in [1.165, 1.54) is 0 Å². The highest BCUT2D eigenvalue weighted by Gasteiger charge is 2.34. The number of aliphatic hydroxyl groups excluding tert-OH is 10. The van der Waals surface area contributed by atoms with E-state index in [-0.39, 0.29) is 11.4 Å². The van der Waals surface area contributed by atoms with Gasteiger partial charge >= 0.3 is 0 Å². The maximum absolute atomic E-state index is 10.0. The average molecular weight is 380 g/mol. The Labute approximate surface area is 147 Å². The van der Waals surface area contributed by atoms with Crippen molar-refractivity contribution in [3.05, 3.63) is 23.8 Å². The fraction of sp³-hybridized carbons (Fsp3) is 0.714. The Morgan fingerprint density at radius 3 is 1.27 bits per heavy atom. The second kappa shape index (κ2) is 10.1. The highest BCUT2D eigenvalue weighted by molar-refractivity contribution is 5.11. The number of aromatic nitrogens is 2. The summed E-state index contributed by atoms with van der Waals surface area (Å²) >= 11 is 0. The summed E-state index contributed by atoms with van der Waals surface area (Å²) in [6, 6.07) is 0. The Balaban J connectivity index is 2.96. The van der Waals surface area contributed by atoms with Crippen LogP contribution in [0.4, 0.5) is 0 Å². The molecule has 0 aromatic carbocycles. The molecule has 1 aromatic heterocycles. The van der Waals surface area contributed by atoms with Crippen LogP contribution >= 0.6 is 0 Å². The van der Waals surface area contributed by atoms with Crippen molar-refractivity contribution in [1.29, 1.82) is 0 Å². The minimum atomic E-state index is -1.95. The first kappa shape index (κ1) is 22.7. The molecule has 1 aromatic rings. The van der Waals surface area contributed by atoms with Crippen LogP contribution in [0.15, 0.2) is 12.4 Å². The lowest BCUT2D eigenvalue weighted by molar-refractivity contribution is -0.119. The molecule has 0 radical (unpaired) electrons. The summed E-state index contributed by atoms with van der Waals surface area (Å²) in [6.45, 7) is -1.74.